The highest BCUT2D eigenvalue weighted by Gasteiger charge is 2.56. The number of aliphatic hydroxyl groups excluding tert-OH is 2. The Bertz CT molecular complexity index is 870. The Morgan fingerprint density at radius 1 is 0.636 bits per heavy atom. The summed E-state index contributed by atoms with van der Waals surface area (Å²) in [5.74, 6) is -8.11. The van der Waals surface area contributed by atoms with E-state index < -0.39 is 53.8 Å². The van der Waals surface area contributed by atoms with Gasteiger partial charge < -0.3 is 45.2 Å². The van der Waals surface area contributed by atoms with Crippen molar-refractivity contribution in [2.45, 2.75) is 17.3 Å². The van der Waals surface area contributed by atoms with Gasteiger partial charge in [0.05, 0.1) is 31.3 Å². The first-order chi connectivity index (χ1) is 15.3. The average molecular weight is 472 g/mol. The standard InChI is InChI=1S/C19H20O14/c20-11-12(21)19(8-3-15(26)27,33-10-5-17(30)31)18(6-1-13(22)23,7-2-14(24)25)32-9-4-16(28)29/h1-10,12,20-21H,11H2,(H,22,23)(H,24,25)(H,26,27)(H,28,29)(H,30,31)/t12-,18?,19-/m1/s1. The lowest BCUT2D eigenvalue weighted by Crippen LogP contribution is -2.61. The van der Waals surface area contributed by atoms with Gasteiger partial charge in [0.2, 0.25) is 5.60 Å². The van der Waals surface area contributed by atoms with Gasteiger partial charge >= 0.3 is 29.8 Å². The largest absolute Gasteiger partial charge is 0.483 e. The molecule has 14 nitrogen and oxygen atoms in total. The molecule has 0 aliphatic carbocycles. The number of aliphatic carboxylic acids is 5. The molecule has 0 spiro atoms. The van der Waals surface area contributed by atoms with E-state index in [0.29, 0.717) is 61.1 Å². The molecule has 0 saturated heterocycles. The van der Waals surface area contributed by atoms with Crippen LogP contribution in [0.4, 0.5) is 0 Å². The highest BCUT2D eigenvalue weighted by Crippen LogP contribution is 2.39. The van der Waals surface area contributed by atoms with Crippen molar-refractivity contribution in [1.29, 1.82) is 0 Å². The molecular formula is C19H20O14. The molecule has 0 aromatic carbocycles. The summed E-state index contributed by atoms with van der Waals surface area (Å²) < 4.78 is 10.5. The third-order valence-corrected chi connectivity index (χ3v) is 3.65. The number of hydrogen-bond donors (Lipinski definition) is 7. The molecule has 0 aromatic rings. The molecule has 0 saturated carbocycles. The first-order valence-corrected chi connectivity index (χ1v) is 8.52. The molecule has 0 unspecified atom stereocenters. The SMILES string of the molecule is O=C(O)C=COC(C=CC(=O)O)(C=CC(=O)O)[C@](C=CC(=O)O)(OC=CC(=O)O)[C@H](O)CO. The predicted molar refractivity (Wildman–Crippen MR) is 105 cm³/mol. The van der Waals surface area contributed by atoms with Crippen molar-refractivity contribution in [3.8, 4) is 0 Å². The van der Waals surface area contributed by atoms with E-state index in [2.05, 4.69) is 0 Å². The van der Waals surface area contributed by atoms with E-state index in [1.807, 2.05) is 0 Å². The first kappa shape index (κ1) is 28.6. The number of rotatable bonds is 15. The van der Waals surface area contributed by atoms with E-state index in [0.717, 1.165) is 0 Å². The van der Waals surface area contributed by atoms with Crippen molar-refractivity contribution in [1.82, 2.24) is 0 Å². The zero-order chi connectivity index (χ0) is 25.7. The van der Waals surface area contributed by atoms with Crippen molar-refractivity contribution < 1.29 is 69.2 Å². The van der Waals surface area contributed by atoms with Crippen LogP contribution in [-0.4, -0.2) is 89.5 Å². The maximum Gasteiger partial charge on any atom is 0.331 e. The van der Waals surface area contributed by atoms with Gasteiger partial charge in [-0.3, -0.25) is 0 Å². The van der Waals surface area contributed by atoms with E-state index in [1.165, 1.54) is 0 Å². The monoisotopic (exact) mass is 472 g/mol. The zero-order valence-electron chi connectivity index (χ0n) is 16.5. The third kappa shape index (κ3) is 9.07. The summed E-state index contributed by atoms with van der Waals surface area (Å²) in [6.07, 6.45) is 2.05. The number of carbonyl (C=O) groups is 5. The third-order valence-electron chi connectivity index (χ3n) is 3.65. The molecule has 0 bridgehead atoms. The highest BCUT2D eigenvalue weighted by molar-refractivity contribution is 5.83. The quantitative estimate of drug-likeness (QED) is 0.111. The minimum atomic E-state index is -2.77. The lowest BCUT2D eigenvalue weighted by molar-refractivity contribution is -0.153. The summed E-state index contributed by atoms with van der Waals surface area (Å²) in [5, 5.41) is 64.8. The number of hydrogen-bond acceptors (Lipinski definition) is 9. The van der Waals surface area contributed by atoms with Crippen molar-refractivity contribution in [2.75, 3.05) is 6.61 Å². The Morgan fingerprint density at radius 3 is 1.36 bits per heavy atom. The van der Waals surface area contributed by atoms with Gasteiger partial charge in [-0.2, -0.15) is 0 Å². The lowest BCUT2D eigenvalue weighted by atomic mass is 9.76. The average Bonchev–Trinajstić information content (AvgIpc) is 2.71. The van der Waals surface area contributed by atoms with Gasteiger partial charge in [0.25, 0.3) is 0 Å². The molecule has 0 radical (unpaired) electrons. The van der Waals surface area contributed by atoms with Crippen LogP contribution in [0.25, 0.3) is 0 Å². The number of aliphatic hydroxyl groups is 2. The van der Waals surface area contributed by atoms with E-state index in [-0.39, 0.29) is 0 Å². The van der Waals surface area contributed by atoms with Crippen LogP contribution in [0.2, 0.25) is 0 Å². The van der Waals surface area contributed by atoms with Gasteiger partial charge in [0.1, 0.15) is 6.10 Å². The zero-order valence-corrected chi connectivity index (χ0v) is 16.5. The summed E-state index contributed by atoms with van der Waals surface area (Å²) in [4.78, 5) is 55.1. The maximum atomic E-state index is 11.2. The molecule has 33 heavy (non-hydrogen) atoms. The molecular weight excluding hydrogens is 452 g/mol. The van der Waals surface area contributed by atoms with Gasteiger partial charge in [-0.25, -0.2) is 24.0 Å². The number of ether oxygens (including phenoxy) is 2. The van der Waals surface area contributed by atoms with E-state index in [9.17, 15) is 34.2 Å². The number of carboxylic acid groups (broad SMARTS) is 5. The van der Waals surface area contributed by atoms with E-state index in [1.54, 1.807) is 0 Å². The Kier molecular flexibility index (Phi) is 11.3. The van der Waals surface area contributed by atoms with Crippen LogP contribution in [0.15, 0.2) is 61.1 Å². The minimum Gasteiger partial charge on any atom is -0.483 e. The van der Waals surface area contributed by atoms with Gasteiger partial charge in [-0.1, -0.05) is 0 Å². The lowest BCUT2D eigenvalue weighted by Gasteiger charge is -2.45. The fourth-order valence-corrected chi connectivity index (χ4v) is 2.33. The van der Waals surface area contributed by atoms with Crippen LogP contribution < -0.4 is 0 Å². The second-order valence-corrected chi connectivity index (χ2v) is 5.82. The second kappa shape index (κ2) is 13.1. The molecule has 0 aromatic heterocycles. The smallest absolute Gasteiger partial charge is 0.331 e. The van der Waals surface area contributed by atoms with Crippen LogP contribution in [0, 0.1) is 0 Å². The maximum absolute atomic E-state index is 11.2. The highest BCUT2D eigenvalue weighted by atomic mass is 16.6. The molecule has 0 amide bonds. The summed E-state index contributed by atoms with van der Waals surface area (Å²) in [6.45, 7) is -1.24. The molecule has 0 heterocycles. The topological polar surface area (TPSA) is 245 Å². The van der Waals surface area contributed by atoms with Crippen molar-refractivity contribution in [3.05, 3.63) is 61.1 Å². The molecule has 0 aliphatic rings. The normalized spacial score (nSPS) is 16.7. The van der Waals surface area contributed by atoms with Crippen LogP contribution in [0.3, 0.4) is 0 Å². The Hall–Kier alpha value is -4.43. The molecule has 180 valence electrons. The molecule has 0 rings (SSSR count). The van der Waals surface area contributed by atoms with Crippen LogP contribution in [0.5, 0.6) is 0 Å². The summed E-state index contributed by atoms with van der Waals surface area (Å²) in [7, 11) is 0. The van der Waals surface area contributed by atoms with Gasteiger partial charge in [-0.15, -0.1) is 0 Å². The molecule has 2 atom stereocenters. The van der Waals surface area contributed by atoms with Crippen LogP contribution >= 0.6 is 0 Å². The fraction of sp³-hybridized carbons (Fsp3) is 0.211. The van der Waals surface area contributed by atoms with E-state index >= 15 is 0 Å². The summed E-state index contributed by atoms with van der Waals surface area (Å²) >= 11 is 0. The van der Waals surface area contributed by atoms with Crippen molar-refractivity contribution in [3.63, 3.8) is 0 Å². The van der Waals surface area contributed by atoms with Crippen molar-refractivity contribution >= 4 is 29.8 Å². The molecule has 0 aliphatic heterocycles. The molecule has 0 fully saturated rings. The Morgan fingerprint density at radius 2 is 1.00 bits per heavy atom. The predicted octanol–water partition coefficient (Wildman–Crippen LogP) is -1.03. The van der Waals surface area contributed by atoms with Crippen molar-refractivity contribution in [2.24, 2.45) is 0 Å². The number of carboxylic acids is 5. The van der Waals surface area contributed by atoms with Crippen LogP contribution in [0.1, 0.15) is 0 Å². The first-order valence-electron chi connectivity index (χ1n) is 8.52. The van der Waals surface area contributed by atoms with Crippen LogP contribution in [-0.2, 0) is 33.4 Å². The molecule has 14 heteroatoms. The second-order valence-electron chi connectivity index (χ2n) is 5.82. The Balaban J connectivity index is 7.47. The van der Waals surface area contributed by atoms with Gasteiger partial charge in [0, 0.05) is 18.2 Å². The van der Waals surface area contributed by atoms with Gasteiger partial charge in [0.15, 0.2) is 5.60 Å². The molecule has 7 N–H and O–H groups in total. The minimum absolute atomic E-state index is 0.343. The van der Waals surface area contributed by atoms with Gasteiger partial charge in [-0.05, 0) is 18.2 Å². The fourth-order valence-electron chi connectivity index (χ4n) is 2.33. The Labute approximate surface area is 184 Å². The summed E-state index contributed by atoms with van der Waals surface area (Å²) in [5.41, 5.74) is -5.46. The van der Waals surface area contributed by atoms with E-state index in [4.69, 9.17) is 35.0 Å². The summed E-state index contributed by atoms with van der Waals surface area (Å²) in [6, 6.07) is 0.